The maximum atomic E-state index is 11.8. The van der Waals surface area contributed by atoms with Gasteiger partial charge in [0.1, 0.15) is 6.04 Å². The van der Waals surface area contributed by atoms with Crippen molar-refractivity contribution in [1.82, 2.24) is 0 Å². The minimum atomic E-state index is -0.492. The molecule has 1 aromatic rings. The Morgan fingerprint density at radius 2 is 2.06 bits per heavy atom. The molecule has 4 nitrogen and oxygen atoms in total. The Morgan fingerprint density at radius 1 is 1.41 bits per heavy atom. The first-order chi connectivity index (χ1) is 8.13. The number of methoxy groups -OCH3 is 1. The lowest BCUT2D eigenvalue weighted by atomic mass is 10.2. The standard InChI is InChI=1S/C12H12BrNO3/c1-17-12(16)10-6-7-11(15)14(10)9-4-2-8(13)3-5-9/h2-5,10H,6-7H2,1H3. The molecule has 5 heteroatoms. The van der Waals surface area contributed by atoms with E-state index in [4.69, 9.17) is 4.74 Å². The van der Waals surface area contributed by atoms with Crippen LogP contribution in [0.2, 0.25) is 0 Å². The van der Waals surface area contributed by atoms with E-state index < -0.39 is 6.04 Å². The molecule has 0 bridgehead atoms. The van der Waals surface area contributed by atoms with Gasteiger partial charge in [-0.05, 0) is 30.7 Å². The first kappa shape index (κ1) is 12.1. The topological polar surface area (TPSA) is 46.6 Å². The van der Waals surface area contributed by atoms with Gasteiger partial charge >= 0.3 is 5.97 Å². The zero-order valence-corrected chi connectivity index (χ0v) is 10.9. The summed E-state index contributed by atoms with van der Waals surface area (Å²) in [6, 6.07) is 6.81. The number of ether oxygens (including phenoxy) is 1. The Kier molecular flexibility index (Phi) is 3.47. The summed E-state index contributed by atoms with van der Waals surface area (Å²) in [4.78, 5) is 24.9. The highest BCUT2D eigenvalue weighted by Crippen LogP contribution is 2.28. The fourth-order valence-corrected chi connectivity index (χ4v) is 2.23. The van der Waals surface area contributed by atoms with Crippen LogP contribution in [0.5, 0.6) is 0 Å². The molecule has 1 saturated heterocycles. The Bertz CT molecular complexity index is 444. The predicted molar refractivity (Wildman–Crippen MR) is 66.7 cm³/mol. The van der Waals surface area contributed by atoms with E-state index in [1.807, 2.05) is 24.3 Å². The van der Waals surface area contributed by atoms with Crippen molar-refractivity contribution < 1.29 is 14.3 Å². The molecule has 1 atom stereocenters. The second-order valence-electron chi connectivity index (χ2n) is 3.82. The Labute approximate surface area is 108 Å². The van der Waals surface area contributed by atoms with Crippen LogP contribution >= 0.6 is 15.9 Å². The highest BCUT2D eigenvalue weighted by molar-refractivity contribution is 9.10. The van der Waals surface area contributed by atoms with Gasteiger partial charge in [0.05, 0.1) is 7.11 Å². The van der Waals surface area contributed by atoms with Crippen molar-refractivity contribution in [2.75, 3.05) is 12.0 Å². The molecule has 1 amide bonds. The van der Waals surface area contributed by atoms with Crippen molar-refractivity contribution in [2.45, 2.75) is 18.9 Å². The minimum absolute atomic E-state index is 0.0391. The van der Waals surface area contributed by atoms with Gasteiger partial charge in [0, 0.05) is 16.6 Å². The molecule has 0 aliphatic carbocycles. The van der Waals surface area contributed by atoms with Gasteiger partial charge in [-0.25, -0.2) is 4.79 Å². The number of esters is 1. The van der Waals surface area contributed by atoms with E-state index in [1.54, 1.807) is 0 Å². The average Bonchev–Trinajstić information content (AvgIpc) is 2.71. The molecule has 1 unspecified atom stereocenters. The summed E-state index contributed by atoms with van der Waals surface area (Å²) < 4.78 is 5.65. The van der Waals surface area contributed by atoms with E-state index in [0.29, 0.717) is 12.8 Å². The average molecular weight is 298 g/mol. The molecule has 0 radical (unpaired) electrons. The highest BCUT2D eigenvalue weighted by atomic mass is 79.9. The summed E-state index contributed by atoms with van der Waals surface area (Å²) in [6.45, 7) is 0. The quantitative estimate of drug-likeness (QED) is 0.786. The van der Waals surface area contributed by atoms with E-state index in [-0.39, 0.29) is 11.9 Å². The van der Waals surface area contributed by atoms with Crippen molar-refractivity contribution in [3.63, 3.8) is 0 Å². The number of amides is 1. The van der Waals surface area contributed by atoms with E-state index in [9.17, 15) is 9.59 Å². The van der Waals surface area contributed by atoms with Gasteiger partial charge in [0.15, 0.2) is 0 Å². The van der Waals surface area contributed by atoms with Crippen LogP contribution in [0.15, 0.2) is 28.7 Å². The molecule has 1 aliphatic heterocycles. The molecule has 0 N–H and O–H groups in total. The molecular weight excluding hydrogens is 286 g/mol. The number of benzene rings is 1. The second-order valence-corrected chi connectivity index (χ2v) is 4.73. The lowest BCUT2D eigenvalue weighted by Gasteiger charge is -2.22. The van der Waals surface area contributed by atoms with Crippen LogP contribution in [0.1, 0.15) is 12.8 Å². The van der Waals surface area contributed by atoms with Crippen molar-refractivity contribution in [3.05, 3.63) is 28.7 Å². The van der Waals surface area contributed by atoms with E-state index in [0.717, 1.165) is 10.2 Å². The van der Waals surface area contributed by atoms with Crippen LogP contribution in [0.3, 0.4) is 0 Å². The number of carbonyl (C=O) groups excluding carboxylic acids is 2. The molecule has 1 aromatic carbocycles. The van der Waals surface area contributed by atoms with Crippen molar-refractivity contribution in [3.8, 4) is 0 Å². The number of carbonyl (C=O) groups is 2. The molecule has 1 fully saturated rings. The third-order valence-electron chi connectivity index (χ3n) is 2.79. The monoisotopic (exact) mass is 297 g/mol. The number of halogens is 1. The summed E-state index contributed by atoms with van der Waals surface area (Å²) in [7, 11) is 1.34. The van der Waals surface area contributed by atoms with Crippen molar-refractivity contribution in [2.24, 2.45) is 0 Å². The smallest absolute Gasteiger partial charge is 0.328 e. The molecule has 0 saturated carbocycles. The summed E-state index contributed by atoms with van der Waals surface area (Å²) in [5, 5.41) is 0. The van der Waals surface area contributed by atoms with Crippen LogP contribution in [-0.2, 0) is 14.3 Å². The normalized spacial score (nSPS) is 19.5. The largest absolute Gasteiger partial charge is 0.467 e. The Hall–Kier alpha value is -1.36. The van der Waals surface area contributed by atoms with Crippen LogP contribution in [0.4, 0.5) is 5.69 Å². The number of hydrogen-bond donors (Lipinski definition) is 0. The van der Waals surface area contributed by atoms with Gasteiger partial charge in [-0.1, -0.05) is 15.9 Å². The summed E-state index contributed by atoms with van der Waals surface area (Å²) in [6.07, 6.45) is 0.900. The third-order valence-corrected chi connectivity index (χ3v) is 3.32. The van der Waals surface area contributed by atoms with Crippen LogP contribution in [0.25, 0.3) is 0 Å². The minimum Gasteiger partial charge on any atom is -0.467 e. The van der Waals surface area contributed by atoms with E-state index in [1.165, 1.54) is 12.0 Å². The zero-order valence-electron chi connectivity index (χ0n) is 9.35. The molecular formula is C12H12BrNO3. The summed E-state index contributed by atoms with van der Waals surface area (Å²) >= 11 is 3.33. The number of hydrogen-bond acceptors (Lipinski definition) is 3. The molecule has 17 heavy (non-hydrogen) atoms. The Morgan fingerprint density at radius 3 is 2.65 bits per heavy atom. The lowest BCUT2D eigenvalue weighted by molar-refractivity contribution is -0.142. The maximum Gasteiger partial charge on any atom is 0.328 e. The first-order valence-electron chi connectivity index (χ1n) is 5.29. The zero-order chi connectivity index (χ0) is 12.4. The fraction of sp³-hybridized carbons (Fsp3) is 0.333. The molecule has 1 heterocycles. The van der Waals surface area contributed by atoms with Crippen LogP contribution in [0, 0.1) is 0 Å². The van der Waals surface area contributed by atoms with E-state index in [2.05, 4.69) is 15.9 Å². The lowest BCUT2D eigenvalue weighted by Crippen LogP contribution is -2.39. The number of nitrogens with zero attached hydrogens (tertiary/aromatic N) is 1. The van der Waals surface area contributed by atoms with Crippen LogP contribution in [-0.4, -0.2) is 25.0 Å². The predicted octanol–water partition coefficient (Wildman–Crippen LogP) is 2.12. The van der Waals surface area contributed by atoms with Gasteiger partial charge in [-0.2, -0.15) is 0 Å². The van der Waals surface area contributed by atoms with Gasteiger partial charge in [-0.15, -0.1) is 0 Å². The second kappa shape index (κ2) is 4.87. The fourth-order valence-electron chi connectivity index (χ4n) is 1.97. The number of anilines is 1. The van der Waals surface area contributed by atoms with Crippen LogP contribution < -0.4 is 4.90 Å². The van der Waals surface area contributed by atoms with Gasteiger partial charge in [0.25, 0.3) is 0 Å². The summed E-state index contributed by atoms with van der Waals surface area (Å²) in [5.74, 6) is -0.401. The summed E-state index contributed by atoms with van der Waals surface area (Å²) in [5.41, 5.74) is 0.728. The van der Waals surface area contributed by atoms with Crippen molar-refractivity contribution >= 4 is 33.5 Å². The SMILES string of the molecule is COC(=O)C1CCC(=O)N1c1ccc(Br)cc1. The van der Waals surface area contributed by atoms with Gasteiger partial charge in [-0.3, -0.25) is 9.69 Å². The highest BCUT2D eigenvalue weighted by Gasteiger charge is 2.37. The number of rotatable bonds is 2. The van der Waals surface area contributed by atoms with E-state index >= 15 is 0 Å². The van der Waals surface area contributed by atoms with Crippen molar-refractivity contribution in [1.29, 1.82) is 0 Å². The molecule has 1 aliphatic rings. The first-order valence-corrected chi connectivity index (χ1v) is 6.08. The molecule has 2 rings (SSSR count). The van der Waals surface area contributed by atoms with Gasteiger partial charge < -0.3 is 4.74 Å². The third kappa shape index (κ3) is 2.34. The van der Waals surface area contributed by atoms with Gasteiger partial charge in [0.2, 0.25) is 5.91 Å². The molecule has 0 spiro atoms. The maximum absolute atomic E-state index is 11.8. The molecule has 90 valence electrons. The Balaban J connectivity index is 2.30. The molecule has 0 aromatic heterocycles.